The van der Waals surface area contributed by atoms with E-state index < -0.39 is 24.2 Å². The van der Waals surface area contributed by atoms with Crippen molar-refractivity contribution in [3.63, 3.8) is 0 Å². The van der Waals surface area contributed by atoms with E-state index in [1.807, 2.05) is 0 Å². The van der Waals surface area contributed by atoms with Gasteiger partial charge in [0.15, 0.2) is 0 Å². The van der Waals surface area contributed by atoms with Gasteiger partial charge in [-0.2, -0.15) is 0 Å². The van der Waals surface area contributed by atoms with Crippen LogP contribution in [0.5, 0.6) is 0 Å². The highest BCUT2D eigenvalue weighted by Crippen LogP contribution is 2.19. The van der Waals surface area contributed by atoms with Gasteiger partial charge in [0.2, 0.25) is 5.91 Å². The van der Waals surface area contributed by atoms with Crippen molar-refractivity contribution in [1.82, 2.24) is 9.88 Å². The summed E-state index contributed by atoms with van der Waals surface area (Å²) in [5.74, 6) is -0.425. The maximum Gasteiger partial charge on any atom is 0.242 e. The van der Waals surface area contributed by atoms with Gasteiger partial charge in [0.1, 0.15) is 18.3 Å². The number of aliphatic hydroxyl groups is 1. The van der Waals surface area contributed by atoms with Crippen molar-refractivity contribution in [3.05, 3.63) is 30.1 Å². The number of nitrogens with two attached hydrogens (primary N) is 1. The molecule has 0 unspecified atom stereocenters. The van der Waals surface area contributed by atoms with Crippen molar-refractivity contribution >= 4 is 5.91 Å². The highest BCUT2D eigenvalue weighted by Gasteiger charge is 2.32. The molecule has 0 aromatic carbocycles. The predicted octanol–water partition coefficient (Wildman–Crippen LogP) is 0.0127. The second kappa shape index (κ2) is 5.41. The highest BCUT2D eigenvalue weighted by molar-refractivity contribution is 5.82. The van der Waals surface area contributed by atoms with Crippen LogP contribution >= 0.6 is 0 Å². The summed E-state index contributed by atoms with van der Waals surface area (Å²) in [6.45, 7) is 0.416. The van der Waals surface area contributed by atoms with Crippen LogP contribution in [-0.2, 0) is 4.79 Å². The van der Waals surface area contributed by atoms with Gasteiger partial charge in [-0.3, -0.25) is 9.78 Å². The lowest BCUT2D eigenvalue weighted by Crippen LogP contribution is -2.46. The van der Waals surface area contributed by atoms with E-state index in [9.17, 15) is 14.3 Å². The largest absolute Gasteiger partial charge is 0.386 e. The number of hydrogen-bond acceptors (Lipinski definition) is 4. The summed E-state index contributed by atoms with van der Waals surface area (Å²) in [5, 5.41) is 9.98. The van der Waals surface area contributed by atoms with E-state index >= 15 is 0 Å². The molecule has 3 N–H and O–H groups in total. The molecular formula is C12H16FN3O2. The van der Waals surface area contributed by atoms with E-state index in [0.717, 1.165) is 0 Å². The number of carbonyl (C=O) groups excluding carboxylic acids is 1. The average Bonchev–Trinajstić information content (AvgIpc) is 2.84. The highest BCUT2D eigenvalue weighted by atomic mass is 19.1. The van der Waals surface area contributed by atoms with Gasteiger partial charge in [-0.15, -0.1) is 0 Å². The topological polar surface area (TPSA) is 79.5 Å². The van der Waals surface area contributed by atoms with Gasteiger partial charge in [-0.05, 0) is 12.5 Å². The minimum Gasteiger partial charge on any atom is -0.386 e. The molecule has 2 heterocycles. The number of pyridine rings is 1. The Balaban J connectivity index is 2.02. The lowest BCUT2D eigenvalue weighted by Gasteiger charge is -2.23. The van der Waals surface area contributed by atoms with Crippen molar-refractivity contribution in [2.75, 3.05) is 13.1 Å². The van der Waals surface area contributed by atoms with Crippen LogP contribution in [-0.4, -0.2) is 46.2 Å². The molecule has 6 heteroatoms. The van der Waals surface area contributed by atoms with Crippen molar-refractivity contribution < 1.29 is 14.3 Å². The molecule has 2 rings (SSSR count). The summed E-state index contributed by atoms with van der Waals surface area (Å²) in [4.78, 5) is 17.2. The fraction of sp³-hybridized carbons (Fsp3) is 0.500. The zero-order valence-electron chi connectivity index (χ0n) is 9.87. The van der Waals surface area contributed by atoms with Gasteiger partial charge < -0.3 is 15.7 Å². The lowest BCUT2D eigenvalue weighted by molar-refractivity contribution is -0.134. The predicted molar refractivity (Wildman–Crippen MR) is 63.3 cm³/mol. The molecule has 1 aliphatic heterocycles. The molecule has 98 valence electrons. The molecule has 5 nitrogen and oxygen atoms in total. The van der Waals surface area contributed by atoms with E-state index in [1.54, 1.807) is 18.3 Å². The molecule has 0 aliphatic carbocycles. The van der Waals surface area contributed by atoms with E-state index in [4.69, 9.17) is 5.73 Å². The first-order valence-corrected chi connectivity index (χ1v) is 5.86. The number of rotatable bonds is 3. The van der Waals surface area contributed by atoms with Crippen molar-refractivity contribution in [1.29, 1.82) is 0 Å². The molecule has 3 atom stereocenters. The summed E-state index contributed by atoms with van der Waals surface area (Å²) in [6.07, 6.45) is 1.25. The van der Waals surface area contributed by atoms with E-state index in [-0.39, 0.29) is 6.54 Å². The standard InChI is InChI=1S/C12H16FN3O2/c13-9-3-5-16(7-9)12(18)10(14)11(17)8-2-1-4-15-6-8/h1-2,4,6,9-11,17H,3,5,7,14H2/t9-,10-,11+/m0/s1. The Hall–Kier alpha value is -1.53. The van der Waals surface area contributed by atoms with E-state index in [1.165, 1.54) is 11.1 Å². The van der Waals surface area contributed by atoms with Gasteiger partial charge in [-0.1, -0.05) is 6.07 Å². The number of halogens is 1. The molecular weight excluding hydrogens is 237 g/mol. The Bertz CT molecular complexity index is 415. The van der Waals surface area contributed by atoms with Crippen LogP contribution in [0, 0.1) is 0 Å². The molecule has 1 saturated heterocycles. The fourth-order valence-electron chi connectivity index (χ4n) is 2.02. The average molecular weight is 253 g/mol. The van der Waals surface area contributed by atoms with Gasteiger partial charge >= 0.3 is 0 Å². The Labute approximate surface area is 104 Å². The van der Waals surface area contributed by atoms with Crippen LogP contribution in [0.15, 0.2) is 24.5 Å². The first-order chi connectivity index (χ1) is 8.59. The molecule has 1 aromatic rings. The van der Waals surface area contributed by atoms with Crippen LogP contribution in [0.25, 0.3) is 0 Å². The Morgan fingerprint density at radius 1 is 1.67 bits per heavy atom. The maximum atomic E-state index is 13.0. The van der Waals surface area contributed by atoms with Crippen LogP contribution in [0.4, 0.5) is 4.39 Å². The second-order valence-electron chi connectivity index (χ2n) is 4.43. The van der Waals surface area contributed by atoms with E-state index in [0.29, 0.717) is 18.5 Å². The number of carbonyl (C=O) groups is 1. The quantitative estimate of drug-likeness (QED) is 0.795. The van der Waals surface area contributed by atoms with Gasteiger partial charge in [0, 0.05) is 24.5 Å². The fourth-order valence-corrected chi connectivity index (χ4v) is 2.02. The van der Waals surface area contributed by atoms with Crippen molar-refractivity contribution in [2.24, 2.45) is 5.73 Å². The maximum absolute atomic E-state index is 13.0. The Kier molecular flexibility index (Phi) is 3.88. The Morgan fingerprint density at radius 2 is 2.44 bits per heavy atom. The second-order valence-corrected chi connectivity index (χ2v) is 4.43. The molecule has 1 aromatic heterocycles. The van der Waals surface area contributed by atoms with Crippen LogP contribution in [0.2, 0.25) is 0 Å². The third-order valence-corrected chi connectivity index (χ3v) is 3.09. The normalized spacial score (nSPS) is 22.8. The first-order valence-electron chi connectivity index (χ1n) is 5.86. The first kappa shape index (κ1) is 12.9. The minimum atomic E-state index is -1.12. The Morgan fingerprint density at radius 3 is 3.00 bits per heavy atom. The van der Waals surface area contributed by atoms with E-state index in [2.05, 4.69) is 4.98 Å². The molecule has 0 bridgehead atoms. The van der Waals surface area contributed by atoms with Crippen LogP contribution in [0.3, 0.4) is 0 Å². The summed E-state index contributed by atoms with van der Waals surface area (Å²) in [5.41, 5.74) is 6.21. The monoisotopic (exact) mass is 253 g/mol. The van der Waals surface area contributed by atoms with Crippen molar-refractivity contribution in [2.45, 2.75) is 24.7 Å². The van der Waals surface area contributed by atoms with Crippen LogP contribution < -0.4 is 5.73 Å². The molecule has 1 amide bonds. The number of alkyl halides is 1. The summed E-state index contributed by atoms with van der Waals surface area (Å²) >= 11 is 0. The number of nitrogens with zero attached hydrogens (tertiary/aromatic N) is 2. The summed E-state index contributed by atoms with van der Waals surface area (Å²) < 4.78 is 13.0. The smallest absolute Gasteiger partial charge is 0.242 e. The summed E-state index contributed by atoms with van der Waals surface area (Å²) in [6, 6.07) is 2.22. The zero-order chi connectivity index (χ0) is 13.1. The zero-order valence-corrected chi connectivity index (χ0v) is 9.87. The molecule has 1 fully saturated rings. The molecule has 18 heavy (non-hydrogen) atoms. The molecule has 1 aliphatic rings. The van der Waals surface area contributed by atoms with Gasteiger partial charge in [0.05, 0.1) is 6.54 Å². The van der Waals surface area contributed by atoms with Gasteiger partial charge in [0.25, 0.3) is 0 Å². The number of aliphatic hydroxyl groups excluding tert-OH is 1. The molecule has 0 saturated carbocycles. The third kappa shape index (κ3) is 2.65. The molecule has 0 radical (unpaired) electrons. The SMILES string of the molecule is N[C@H](C(=O)N1CC[C@H](F)C1)[C@H](O)c1cccnc1. The lowest BCUT2D eigenvalue weighted by atomic mass is 10.0. The minimum absolute atomic E-state index is 0.0618. The third-order valence-electron chi connectivity index (χ3n) is 3.09. The number of amides is 1. The van der Waals surface area contributed by atoms with Crippen LogP contribution in [0.1, 0.15) is 18.1 Å². The number of aromatic nitrogens is 1. The molecule has 0 spiro atoms. The summed E-state index contributed by atoms with van der Waals surface area (Å²) in [7, 11) is 0. The number of likely N-dealkylation sites (tertiary alicyclic amines) is 1. The van der Waals surface area contributed by atoms with Gasteiger partial charge in [-0.25, -0.2) is 4.39 Å². The van der Waals surface area contributed by atoms with Crippen molar-refractivity contribution in [3.8, 4) is 0 Å². The number of hydrogen-bond donors (Lipinski definition) is 2.